The maximum Gasteiger partial charge on any atom is 0.235 e. The Kier molecular flexibility index (Phi) is 1.53. The molecular formula is C10H13NO2. The van der Waals surface area contributed by atoms with Crippen LogP contribution in [-0.4, -0.2) is 17.4 Å². The lowest BCUT2D eigenvalue weighted by Gasteiger charge is -2.30. The molecule has 3 nitrogen and oxygen atoms in total. The van der Waals surface area contributed by atoms with Crippen molar-refractivity contribution in [3.05, 3.63) is 0 Å². The largest absolute Gasteiger partial charge is 0.297 e. The number of fused-ring (bicyclic) bond motifs is 2. The molecule has 2 saturated carbocycles. The Morgan fingerprint density at radius 1 is 1.54 bits per heavy atom. The number of hydrogen-bond acceptors (Lipinski definition) is 3. The van der Waals surface area contributed by atoms with Crippen LogP contribution in [0.4, 0.5) is 0 Å². The second-order valence-corrected chi connectivity index (χ2v) is 4.65. The molecule has 2 atom stereocenters. The first kappa shape index (κ1) is 8.64. The Hall–Kier alpha value is -0.950. The molecule has 0 N–H and O–H groups in total. The predicted molar refractivity (Wildman–Crippen MR) is 47.0 cm³/mol. The van der Waals surface area contributed by atoms with Crippen molar-refractivity contribution in [2.24, 2.45) is 16.3 Å². The molecule has 3 heteroatoms. The third-order valence-electron chi connectivity index (χ3n) is 4.07. The number of aliphatic imine (C=N–C) groups is 1. The Labute approximate surface area is 77.2 Å². The summed E-state index contributed by atoms with van der Waals surface area (Å²) in [4.78, 5) is 25.8. The van der Waals surface area contributed by atoms with E-state index < -0.39 is 5.54 Å². The van der Waals surface area contributed by atoms with Crippen molar-refractivity contribution in [3.63, 3.8) is 0 Å². The Balaban J connectivity index is 2.54. The van der Waals surface area contributed by atoms with Gasteiger partial charge in [-0.25, -0.2) is 4.79 Å². The first-order valence-electron chi connectivity index (χ1n) is 4.67. The van der Waals surface area contributed by atoms with E-state index in [4.69, 9.17) is 0 Å². The lowest BCUT2D eigenvalue weighted by molar-refractivity contribution is -0.123. The summed E-state index contributed by atoms with van der Waals surface area (Å²) in [5.41, 5.74) is -0.860. The van der Waals surface area contributed by atoms with Gasteiger partial charge in [-0.2, -0.15) is 4.99 Å². The smallest absolute Gasteiger partial charge is 0.235 e. The van der Waals surface area contributed by atoms with Crippen LogP contribution in [0.2, 0.25) is 0 Å². The molecule has 2 rings (SSSR count). The number of isocyanates is 1. The van der Waals surface area contributed by atoms with Crippen LogP contribution < -0.4 is 0 Å². The average molecular weight is 179 g/mol. The summed E-state index contributed by atoms with van der Waals surface area (Å²) in [6, 6.07) is 0. The molecule has 0 aromatic rings. The van der Waals surface area contributed by atoms with Crippen LogP contribution in [-0.2, 0) is 9.59 Å². The molecule has 0 radical (unpaired) electrons. The van der Waals surface area contributed by atoms with Gasteiger partial charge in [0.15, 0.2) is 5.78 Å². The van der Waals surface area contributed by atoms with Gasteiger partial charge in [0.2, 0.25) is 6.08 Å². The van der Waals surface area contributed by atoms with Crippen molar-refractivity contribution < 1.29 is 9.59 Å². The minimum atomic E-state index is -0.723. The molecular weight excluding hydrogens is 166 g/mol. The van der Waals surface area contributed by atoms with Gasteiger partial charge in [-0.05, 0) is 18.8 Å². The van der Waals surface area contributed by atoms with Crippen molar-refractivity contribution >= 4 is 11.9 Å². The number of hydrogen-bond donors (Lipinski definition) is 0. The van der Waals surface area contributed by atoms with Gasteiger partial charge in [0.25, 0.3) is 0 Å². The molecule has 13 heavy (non-hydrogen) atoms. The van der Waals surface area contributed by atoms with Crippen LogP contribution in [0.15, 0.2) is 4.99 Å². The summed E-state index contributed by atoms with van der Waals surface area (Å²) >= 11 is 0. The summed E-state index contributed by atoms with van der Waals surface area (Å²) < 4.78 is 0. The number of ketones is 1. The van der Waals surface area contributed by atoms with E-state index in [1.165, 1.54) is 0 Å². The Morgan fingerprint density at radius 2 is 2.23 bits per heavy atom. The Bertz CT molecular complexity index is 315. The predicted octanol–water partition coefficient (Wildman–Crippen LogP) is 1.47. The molecule has 2 unspecified atom stereocenters. The second-order valence-electron chi connectivity index (χ2n) is 4.65. The zero-order valence-electron chi connectivity index (χ0n) is 7.96. The summed E-state index contributed by atoms with van der Waals surface area (Å²) in [7, 11) is 0. The molecule has 2 aliphatic carbocycles. The molecule has 2 bridgehead atoms. The van der Waals surface area contributed by atoms with E-state index in [9.17, 15) is 9.59 Å². The van der Waals surface area contributed by atoms with E-state index in [1.54, 1.807) is 6.08 Å². The number of rotatable bonds is 1. The highest BCUT2D eigenvalue weighted by atomic mass is 16.1. The molecule has 0 aromatic carbocycles. The fourth-order valence-electron chi connectivity index (χ4n) is 2.99. The van der Waals surface area contributed by atoms with Crippen LogP contribution in [0.3, 0.4) is 0 Å². The summed E-state index contributed by atoms with van der Waals surface area (Å²) in [6.07, 6.45) is 3.92. The molecule has 0 saturated heterocycles. The second kappa shape index (κ2) is 2.30. The number of carbonyl (C=O) groups is 1. The zero-order chi connectivity index (χ0) is 9.69. The van der Waals surface area contributed by atoms with Crippen LogP contribution in [0.25, 0.3) is 0 Å². The minimum absolute atomic E-state index is 0.136. The summed E-state index contributed by atoms with van der Waals surface area (Å²) in [5, 5.41) is 0. The van der Waals surface area contributed by atoms with Crippen molar-refractivity contribution in [1.82, 2.24) is 0 Å². The molecule has 2 aliphatic rings. The maximum absolute atomic E-state index is 11.7. The molecule has 0 heterocycles. The zero-order valence-corrected chi connectivity index (χ0v) is 7.96. The topological polar surface area (TPSA) is 46.5 Å². The van der Waals surface area contributed by atoms with Gasteiger partial charge < -0.3 is 0 Å². The van der Waals surface area contributed by atoms with Gasteiger partial charge in [-0.1, -0.05) is 13.8 Å². The number of carbonyl (C=O) groups excluding carboxylic acids is 2. The van der Waals surface area contributed by atoms with Gasteiger partial charge in [0, 0.05) is 11.8 Å². The molecule has 0 amide bonds. The molecule has 0 aromatic heterocycles. The van der Waals surface area contributed by atoms with Gasteiger partial charge in [0.1, 0.15) is 5.54 Å². The molecule has 0 aliphatic heterocycles. The van der Waals surface area contributed by atoms with Gasteiger partial charge in [-0.3, -0.25) is 4.79 Å². The van der Waals surface area contributed by atoms with Gasteiger partial charge in [0.05, 0.1) is 0 Å². The first-order chi connectivity index (χ1) is 6.04. The fourth-order valence-corrected chi connectivity index (χ4v) is 2.99. The van der Waals surface area contributed by atoms with Gasteiger partial charge >= 0.3 is 0 Å². The monoisotopic (exact) mass is 179 g/mol. The highest BCUT2D eigenvalue weighted by Crippen LogP contribution is 2.60. The maximum atomic E-state index is 11.7. The number of nitrogens with zero attached hydrogens (tertiary/aromatic N) is 1. The van der Waals surface area contributed by atoms with E-state index in [0.717, 1.165) is 12.8 Å². The van der Waals surface area contributed by atoms with E-state index in [2.05, 4.69) is 4.99 Å². The fraction of sp³-hybridized carbons (Fsp3) is 0.800. The molecule has 70 valence electrons. The van der Waals surface area contributed by atoms with Crippen LogP contribution >= 0.6 is 0 Å². The molecule has 0 spiro atoms. The number of Topliss-reactive ketones (excluding diaryl/α,β-unsaturated/α-hetero) is 1. The van der Waals surface area contributed by atoms with Crippen molar-refractivity contribution in [3.8, 4) is 0 Å². The van der Waals surface area contributed by atoms with E-state index in [0.29, 0.717) is 12.3 Å². The van der Waals surface area contributed by atoms with Crippen molar-refractivity contribution in [2.75, 3.05) is 0 Å². The first-order valence-corrected chi connectivity index (χ1v) is 4.67. The lowest BCUT2D eigenvalue weighted by atomic mass is 9.76. The molecule has 2 fully saturated rings. The van der Waals surface area contributed by atoms with Crippen molar-refractivity contribution in [1.29, 1.82) is 0 Å². The highest BCUT2D eigenvalue weighted by molar-refractivity contribution is 5.94. The summed E-state index contributed by atoms with van der Waals surface area (Å²) in [5.74, 6) is 0.550. The Morgan fingerprint density at radius 3 is 2.62 bits per heavy atom. The minimum Gasteiger partial charge on any atom is -0.297 e. The standard InChI is InChI=1S/C10H13NO2/c1-9(2)7-3-4-10(9,11-6-12)8(13)5-7/h7H,3-5H2,1-2H3. The van der Waals surface area contributed by atoms with Crippen LogP contribution in [0, 0.1) is 11.3 Å². The van der Waals surface area contributed by atoms with Gasteiger partial charge in [-0.15, -0.1) is 0 Å². The van der Waals surface area contributed by atoms with Crippen LogP contribution in [0.1, 0.15) is 33.1 Å². The van der Waals surface area contributed by atoms with Crippen LogP contribution in [0.5, 0.6) is 0 Å². The summed E-state index contributed by atoms with van der Waals surface area (Å²) in [6.45, 7) is 4.08. The lowest BCUT2D eigenvalue weighted by Crippen LogP contribution is -2.41. The van der Waals surface area contributed by atoms with E-state index in [1.807, 2.05) is 13.8 Å². The average Bonchev–Trinajstić information content (AvgIpc) is 2.38. The highest BCUT2D eigenvalue weighted by Gasteiger charge is 2.64. The third-order valence-corrected chi connectivity index (χ3v) is 4.07. The normalized spacial score (nSPS) is 40.5. The van der Waals surface area contributed by atoms with Crippen molar-refractivity contribution in [2.45, 2.75) is 38.6 Å². The quantitative estimate of drug-likeness (QED) is 0.452. The third kappa shape index (κ3) is 0.781. The van der Waals surface area contributed by atoms with E-state index >= 15 is 0 Å². The van der Waals surface area contributed by atoms with E-state index in [-0.39, 0.29) is 11.2 Å². The SMILES string of the molecule is CC1(C)C2CCC1(N=C=O)C(=O)C2.